The van der Waals surface area contributed by atoms with Gasteiger partial charge in [0.05, 0.1) is 6.42 Å². The summed E-state index contributed by atoms with van der Waals surface area (Å²) in [7, 11) is 0. The van der Waals surface area contributed by atoms with E-state index in [9.17, 15) is 9.90 Å². The molecule has 1 fully saturated rings. The molecule has 4 heteroatoms. The minimum atomic E-state index is 0.0406. The Bertz CT molecular complexity index is 403. The van der Waals surface area contributed by atoms with Crippen molar-refractivity contribution in [3.05, 3.63) is 29.8 Å². The van der Waals surface area contributed by atoms with E-state index in [4.69, 9.17) is 0 Å². The van der Waals surface area contributed by atoms with Crippen LogP contribution in [0.1, 0.15) is 18.4 Å². The van der Waals surface area contributed by atoms with Gasteiger partial charge in [-0.15, -0.1) is 0 Å². The highest BCUT2D eigenvalue weighted by atomic mass is 32.2. The molecule has 0 atom stereocenters. The topological polar surface area (TPSA) is 49.3 Å². The summed E-state index contributed by atoms with van der Waals surface area (Å²) in [6, 6.07) is 6.87. The van der Waals surface area contributed by atoms with Crippen molar-refractivity contribution in [1.29, 1.82) is 0 Å². The predicted octanol–water partition coefficient (Wildman–Crippen LogP) is 2.19. The number of nitrogens with one attached hydrogen (secondary N) is 1. The molecule has 0 bridgehead atoms. The summed E-state index contributed by atoms with van der Waals surface area (Å²) in [5, 5.41) is 12.3. The van der Waals surface area contributed by atoms with Crippen LogP contribution in [0.15, 0.2) is 24.3 Å². The maximum absolute atomic E-state index is 11.8. The third-order valence-corrected chi connectivity index (χ3v) is 4.25. The quantitative estimate of drug-likeness (QED) is 0.877. The van der Waals surface area contributed by atoms with Crippen molar-refractivity contribution < 1.29 is 9.90 Å². The molecule has 1 aliphatic rings. The van der Waals surface area contributed by atoms with E-state index in [1.165, 1.54) is 24.3 Å². The molecular formula is C14H19NO2S. The van der Waals surface area contributed by atoms with E-state index in [0.29, 0.717) is 12.3 Å². The molecule has 3 nitrogen and oxygen atoms in total. The Labute approximate surface area is 112 Å². The van der Waals surface area contributed by atoms with E-state index in [0.717, 1.165) is 12.1 Å². The standard InChI is InChI=1S/C14H19NO2S/c16-13-3-1-2-12(8-13)9-14(17)15-10-11-4-6-18-7-5-11/h1-3,8,11,16H,4-7,9-10H2,(H,15,17). The molecule has 0 aliphatic carbocycles. The van der Waals surface area contributed by atoms with E-state index in [-0.39, 0.29) is 11.7 Å². The van der Waals surface area contributed by atoms with Gasteiger partial charge in [0.2, 0.25) is 5.91 Å². The van der Waals surface area contributed by atoms with Crippen molar-refractivity contribution in [2.24, 2.45) is 5.92 Å². The van der Waals surface area contributed by atoms with Gasteiger partial charge in [-0.25, -0.2) is 0 Å². The first-order chi connectivity index (χ1) is 8.74. The molecule has 98 valence electrons. The van der Waals surface area contributed by atoms with E-state index >= 15 is 0 Å². The first-order valence-electron chi connectivity index (χ1n) is 6.36. The fraction of sp³-hybridized carbons (Fsp3) is 0.500. The predicted molar refractivity (Wildman–Crippen MR) is 74.9 cm³/mol. The number of amides is 1. The van der Waals surface area contributed by atoms with Gasteiger partial charge in [0.1, 0.15) is 5.75 Å². The number of aromatic hydroxyl groups is 1. The van der Waals surface area contributed by atoms with Gasteiger partial charge in [-0.1, -0.05) is 12.1 Å². The second-order valence-electron chi connectivity index (χ2n) is 4.71. The van der Waals surface area contributed by atoms with Crippen molar-refractivity contribution in [2.45, 2.75) is 19.3 Å². The van der Waals surface area contributed by atoms with Gasteiger partial charge in [0.15, 0.2) is 0 Å². The third kappa shape index (κ3) is 4.26. The Hall–Kier alpha value is -1.16. The molecule has 2 rings (SSSR count). The van der Waals surface area contributed by atoms with Crippen molar-refractivity contribution in [1.82, 2.24) is 5.32 Å². The van der Waals surface area contributed by atoms with Crippen LogP contribution in [0.2, 0.25) is 0 Å². The van der Waals surface area contributed by atoms with Crippen molar-refractivity contribution in [3.8, 4) is 5.75 Å². The average Bonchev–Trinajstić information content (AvgIpc) is 2.38. The molecule has 1 aliphatic heterocycles. The van der Waals surface area contributed by atoms with Crippen molar-refractivity contribution >= 4 is 17.7 Å². The van der Waals surface area contributed by atoms with Gasteiger partial charge < -0.3 is 10.4 Å². The Morgan fingerprint density at radius 2 is 2.17 bits per heavy atom. The Morgan fingerprint density at radius 1 is 1.39 bits per heavy atom. The van der Waals surface area contributed by atoms with E-state index < -0.39 is 0 Å². The molecule has 1 saturated heterocycles. The zero-order chi connectivity index (χ0) is 12.8. The SMILES string of the molecule is O=C(Cc1cccc(O)c1)NCC1CCSCC1. The summed E-state index contributed by atoms with van der Waals surface area (Å²) in [6.07, 6.45) is 2.75. The Kier molecular flexibility index (Phi) is 4.93. The maximum atomic E-state index is 11.8. The molecule has 1 amide bonds. The van der Waals surface area contributed by atoms with Crippen LogP contribution in [0, 0.1) is 5.92 Å². The molecule has 18 heavy (non-hydrogen) atoms. The molecule has 0 spiro atoms. The molecule has 1 heterocycles. The molecule has 0 radical (unpaired) electrons. The molecular weight excluding hydrogens is 246 g/mol. The molecule has 1 aromatic rings. The molecule has 0 saturated carbocycles. The van der Waals surface area contributed by atoms with E-state index in [2.05, 4.69) is 5.32 Å². The summed E-state index contributed by atoms with van der Waals surface area (Å²) < 4.78 is 0. The highest BCUT2D eigenvalue weighted by molar-refractivity contribution is 7.99. The second-order valence-corrected chi connectivity index (χ2v) is 5.93. The van der Waals surface area contributed by atoms with Crippen LogP contribution in [0.5, 0.6) is 5.75 Å². The van der Waals surface area contributed by atoms with Gasteiger partial charge in [0, 0.05) is 6.54 Å². The fourth-order valence-corrected chi connectivity index (χ4v) is 3.33. The lowest BCUT2D eigenvalue weighted by molar-refractivity contribution is -0.120. The number of hydrogen-bond acceptors (Lipinski definition) is 3. The van der Waals surface area contributed by atoms with Crippen LogP contribution < -0.4 is 5.32 Å². The zero-order valence-electron chi connectivity index (χ0n) is 10.4. The van der Waals surface area contributed by atoms with Gasteiger partial charge >= 0.3 is 0 Å². The number of phenols is 1. The lowest BCUT2D eigenvalue weighted by atomic mass is 10.0. The largest absolute Gasteiger partial charge is 0.508 e. The minimum Gasteiger partial charge on any atom is -0.508 e. The Balaban J connectivity index is 1.74. The van der Waals surface area contributed by atoms with Crippen LogP contribution >= 0.6 is 11.8 Å². The number of phenolic OH excluding ortho intramolecular Hbond substituents is 1. The van der Waals surface area contributed by atoms with Crippen LogP contribution in [0.25, 0.3) is 0 Å². The molecule has 0 aromatic heterocycles. The van der Waals surface area contributed by atoms with Crippen LogP contribution in [0.3, 0.4) is 0 Å². The average molecular weight is 265 g/mol. The first-order valence-corrected chi connectivity index (χ1v) is 7.52. The highest BCUT2D eigenvalue weighted by Gasteiger charge is 2.14. The number of thioether (sulfide) groups is 1. The first kappa shape index (κ1) is 13.3. The summed E-state index contributed by atoms with van der Waals surface area (Å²) in [4.78, 5) is 11.8. The number of carbonyl (C=O) groups is 1. The lowest BCUT2D eigenvalue weighted by Crippen LogP contribution is -2.31. The fourth-order valence-electron chi connectivity index (χ4n) is 2.12. The lowest BCUT2D eigenvalue weighted by Gasteiger charge is -2.21. The second kappa shape index (κ2) is 6.69. The van der Waals surface area contributed by atoms with Crippen LogP contribution in [-0.4, -0.2) is 29.1 Å². The van der Waals surface area contributed by atoms with Crippen molar-refractivity contribution in [2.75, 3.05) is 18.1 Å². The zero-order valence-corrected chi connectivity index (χ0v) is 11.2. The van der Waals surface area contributed by atoms with Crippen LogP contribution in [0.4, 0.5) is 0 Å². The summed E-state index contributed by atoms with van der Waals surface area (Å²) in [5.74, 6) is 3.32. The molecule has 1 aromatic carbocycles. The van der Waals surface area contributed by atoms with E-state index in [1.807, 2.05) is 17.8 Å². The van der Waals surface area contributed by atoms with Gasteiger partial charge in [-0.3, -0.25) is 4.79 Å². The monoisotopic (exact) mass is 265 g/mol. The van der Waals surface area contributed by atoms with Gasteiger partial charge in [-0.2, -0.15) is 11.8 Å². The number of benzene rings is 1. The van der Waals surface area contributed by atoms with Crippen LogP contribution in [-0.2, 0) is 11.2 Å². The van der Waals surface area contributed by atoms with Gasteiger partial charge in [-0.05, 0) is 48.0 Å². The normalized spacial score (nSPS) is 16.4. The Morgan fingerprint density at radius 3 is 2.89 bits per heavy atom. The molecule has 2 N–H and O–H groups in total. The number of rotatable bonds is 4. The maximum Gasteiger partial charge on any atom is 0.224 e. The van der Waals surface area contributed by atoms with Crippen molar-refractivity contribution in [3.63, 3.8) is 0 Å². The van der Waals surface area contributed by atoms with E-state index in [1.54, 1.807) is 18.2 Å². The minimum absolute atomic E-state index is 0.0406. The summed E-state index contributed by atoms with van der Waals surface area (Å²) in [6.45, 7) is 0.790. The summed E-state index contributed by atoms with van der Waals surface area (Å²) in [5.41, 5.74) is 0.853. The highest BCUT2D eigenvalue weighted by Crippen LogP contribution is 2.21. The number of hydrogen-bond donors (Lipinski definition) is 2. The smallest absolute Gasteiger partial charge is 0.224 e. The third-order valence-electron chi connectivity index (χ3n) is 3.20. The number of carbonyl (C=O) groups excluding carboxylic acids is 1. The summed E-state index contributed by atoms with van der Waals surface area (Å²) >= 11 is 2.00. The molecule has 0 unspecified atom stereocenters. The van der Waals surface area contributed by atoms with Gasteiger partial charge in [0.25, 0.3) is 0 Å².